The fourth-order valence-electron chi connectivity index (χ4n) is 4.84. The molecule has 33 heavy (non-hydrogen) atoms. The Labute approximate surface area is 193 Å². The number of rotatable bonds is 8. The molecule has 1 saturated carbocycles. The van der Waals surface area contributed by atoms with Gasteiger partial charge in [0.25, 0.3) is 0 Å². The van der Waals surface area contributed by atoms with E-state index in [-0.39, 0.29) is 31.4 Å². The summed E-state index contributed by atoms with van der Waals surface area (Å²) in [5.41, 5.74) is 3.02. The van der Waals surface area contributed by atoms with Gasteiger partial charge in [0.05, 0.1) is 11.8 Å². The molecule has 2 aromatic carbocycles. The summed E-state index contributed by atoms with van der Waals surface area (Å²) in [6.45, 7) is 3.75. The number of ether oxygens (including phenoxy) is 1. The molecule has 0 heterocycles. The fourth-order valence-corrected chi connectivity index (χ4v) is 4.84. The van der Waals surface area contributed by atoms with Crippen LogP contribution < -0.4 is 10.6 Å². The summed E-state index contributed by atoms with van der Waals surface area (Å²) in [6, 6.07) is 16.3. The van der Waals surface area contributed by atoms with Crippen LogP contribution in [0, 0.1) is 5.41 Å². The van der Waals surface area contributed by atoms with Crippen molar-refractivity contribution < 1.29 is 24.2 Å². The molecule has 4 rings (SSSR count). The summed E-state index contributed by atoms with van der Waals surface area (Å²) >= 11 is 0. The van der Waals surface area contributed by atoms with Crippen LogP contribution in [0.15, 0.2) is 48.5 Å². The zero-order valence-electron chi connectivity index (χ0n) is 19.0. The molecule has 0 saturated heterocycles. The highest BCUT2D eigenvalue weighted by Gasteiger charge is 2.46. The first kappa shape index (κ1) is 22.8. The standard InChI is InChI=1S/C26H30N2O5/c1-25(2,14-22(29)30)28-23(31)26(12-7-13-26)16-27-24(32)33-15-21-19-10-5-3-8-17(19)18-9-4-6-11-20(18)21/h3-6,8-11,21H,7,12-16H2,1-2H3,(H,27,32)(H,28,31)(H,29,30). The quantitative estimate of drug-likeness (QED) is 0.562. The van der Waals surface area contributed by atoms with Gasteiger partial charge in [0.15, 0.2) is 0 Å². The van der Waals surface area contributed by atoms with E-state index in [1.807, 2.05) is 24.3 Å². The van der Waals surface area contributed by atoms with Gasteiger partial charge in [-0.1, -0.05) is 55.0 Å². The van der Waals surface area contributed by atoms with E-state index in [0.717, 1.165) is 28.7 Å². The maximum Gasteiger partial charge on any atom is 0.407 e. The molecule has 1 fully saturated rings. The molecule has 2 aliphatic carbocycles. The van der Waals surface area contributed by atoms with Gasteiger partial charge < -0.3 is 20.5 Å². The van der Waals surface area contributed by atoms with Crippen LogP contribution in [0.2, 0.25) is 0 Å². The van der Waals surface area contributed by atoms with Crippen LogP contribution in [-0.2, 0) is 14.3 Å². The van der Waals surface area contributed by atoms with Crippen molar-refractivity contribution in [3.05, 3.63) is 59.7 Å². The van der Waals surface area contributed by atoms with Crippen molar-refractivity contribution in [1.29, 1.82) is 0 Å². The Morgan fingerprint density at radius 3 is 2.12 bits per heavy atom. The second-order valence-electron chi connectivity index (χ2n) is 9.72. The highest BCUT2D eigenvalue weighted by molar-refractivity contribution is 5.85. The van der Waals surface area contributed by atoms with Crippen LogP contribution >= 0.6 is 0 Å². The number of alkyl carbamates (subject to hydrolysis) is 1. The normalized spacial score (nSPS) is 16.2. The van der Waals surface area contributed by atoms with Gasteiger partial charge in [-0.15, -0.1) is 0 Å². The summed E-state index contributed by atoms with van der Waals surface area (Å²) in [5.74, 6) is -1.22. The average molecular weight is 451 g/mol. The Balaban J connectivity index is 1.35. The predicted octanol–water partition coefficient (Wildman–Crippen LogP) is 4.06. The Kier molecular flexibility index (Phi) is 6.15. The molecule has 174 valence electrons. The molecule has 0 spiro atoms. The topological polar surface area (TPSA) is 105 Å². The van der Waals surface area contributed by atoms with E-state index in [1.165, 1.54) is 0 Å². The van der Waals surface area contributed by atoms with Crippen LogP contribution in [0.1, 0.15) is 56.6 Å². The first-order valence-corrected chi connectivity index (χ1v) is 11.3. The van der Waals surface area contributed by atoms with Crippen molar-refractivity contribution in [3.8, 4) is 11.1 Å². The van der Waals surface area contributed by atoms with E-state index in [4.69, 9.17) is 9.84 Å². The summed E-state index contributed by atoms with van der Waals surface area (Å²) < 4.78 is 5.58. The summed E-state index contributed by atoms with van der Waals surface area (Å²) in [7, 11) is 0. The molecule has 7 nitrogen and oxygen atoms in total. The van der Waals surface area contributed by atoms with Crippen LogP contribution in [0.3, 0.4) is 0 Å². The largest absolute Gasteiger partial charge is 0.481 e. The van der Waals surface area contributed by atoms with Crippen LogP contribution in [0.25, 0.3) is 11.1 Å². The first-order chi connectivity index (χ1) is 15.7. The van der Waals surface area contributed by atoms with Gasteiger partial charge in [0.2, 0.25) is 5.91 Å². The maximum absolute atomic E-state index is 12.9. The molecule has 0 atom stereocenters. The average Bonchev–Trinajstić information content (AvgIpc) is 3.04. The molecular formula is C26H30N2O5. The SMILES string of the molecule is CC(C)(CC(=O)O)NC(=O)C1(CNC(=O)OCC2c3ccccc3-c3ccccc32)CCC1. The number of benzene rings is 2. The van der Waals surface area contributed by atoms with Gasteiger partial charge in [-0.2, -0.15) is 0 Å². The lowest BCUT2D eigenvalue weighted by molar-refractivity contribution is -0.141. The third-order valence-electron chi connectivity index (χ3n) is 6.75. The highest BCUT2D eigenvalue weighted by Crippen LogP contribution is 2.44. The fraction of sp³-hybridized carbons (Fsp3) is 0.423. The molecule has 2 amide bonds. The van der Waals surface area contributed by atoms with E-state index in [2.05, 4.69) is 34.9 Å². The lowest BCUT2D eigenvalue weighted by Gasteiger charge is -2.42. The van der Waals surface area contributed by atoms with Crippen molar-refractivity contribution >= 4 is 18.0 Å². The maximum atomic E-state index is 12.9. The highest BCUT2D eigenvalue weighted by atomic mass is 16.5. The number of carboxylic acids is 1. The molecule has 3 N–H and O–H groups in total. The van der Waals surface area contributed by atoms with Gasteiger partial charge >= 0.3 is 12.1 Å². The number of carbonyl (C=O) groups is 3. The van der Waals surface area contributed by atoms with Gasteiger partial charge in [0.1, 0.15) is 6.61 Å². The smallest absolute Gasteiger partial charge is 0.407 e. The molecule has 0 bridgehead atoms. The molecule has 2 aliphatic rings. The minimum Gasteiger partial charge on any atom is -0.481 e. The van der Waals surface area contributed by atoms with Crippen LogP contribution in [0.4, 0.5) is 4.79 Å². The summed E-state index contributed by atoms with van der Waals surface area (Å²) in [4.78, 5) is 36.5. The lowest BCUT2D eigenvalue weighted by Crippen LogP contribution is -2.57. The number of nitrogens with one attached hydrogen (secondary N) is 2. The molecule has 0 radical (unpaired) electrons. The predicted molar refractivity (Wildman–Crippen MR) is 124 cm³/mol. The number of carboxylic acid groups (broad SMARTS) is 1. The molecule has 0 unspecified atom stereocenters. The third kappa shape index (κ3) is 4.72. The van der Waals surface area contributed by atoms with Crippen molar-refractivity contribution in [1.82, 2.24) is 10.6 Å². The molecule has 2 aromatic rings. The molecular weight excluding hydrogens is 420 g/mol. The number of carbonyl (C=O) groups excluding carboxylic acids is 2. The second kappa shape index (κ2) is 8.89. The van der Waals surface area contributed by atoms with Gasteiger partial charge in [0, 0.05) is 18.0 Å². The van der Waals surface area contributed by atoms with Crippen molar-refractivity contribution in [2.75, 3.05) is 13.2 Å². The van der Waals surface area contributed by atoms with E-state index < -0.39 is 23.0 Å². The number of hydrogen-bond donors (Lipinski definition) is 3. The van der Waals surface area contributed by atoms with Crippen LogP contribution in [0.5, 0.6) is 0 Å². The number of amides is 2. The second-order valence-corrected chi connectivity index (χ2v) is 9.72. The Hall–Kier alpha value is -3.35. The summed E-state index contributed by atoms with van der Waals surface area (Å²) in [5, 5.41) is 14.7. The zero-order chi connectivity index (χ0) is 23.6. The van der Waals surface area contributed by atoms with E-state index in [0.29, 0.717) is 12.8 Å². The minimum absolute atomic E-state index is 0.0269. The number of aliphatic carboxylic acids is 1. The lowest BCUT2D eigenvalue weighted by atomic mass is 9.67. The Morgan fingerprint density at radius 1 is 1.03 bits per heavy atom. The molecule has 0 aromatic heterocycles. The molecule has 7 heteroatoms. The number of hydrogen-bond acceptors (Lipinski definition) is 4. The third-order valence-corrected chi connectivity index (χ3v) is 6.75. The van der Waals surface area contributed by atoms with Crippen molar-refractivity contribution in [2.45, 2.75) is 51.0 Å². The molecule has 0 aliphatic heterocycles. The Morgan fingerprint density at radius 2 is 1.61 bits per heavy atom. The van der Waals surface area contributed by atoms with Crippen LogP contribution in [-0.4, -0.2) is 41.8 Å². The van der Waals surface area contributed by atoms with E-state index in [9.17, 15) is 14.4 Å². The summed E-state index contributed by atoms with van der Waals surface area (Å²) in [6.07, 6.45) is 1.45. The Bertz CT molecular complexity index is 1030. The van der Waals surface area contributed by atoms with Gasteiger partial charge in [-0.05, 0) is 48.9 Å². The van der Waals surface area contributed by atoms with Crippen molar-refractivity contribution in [2.24, 2.45) is 5.41 Å². The number of fused-ring (bicyclic) bond motifs is 3. The van der Waals surface area contributed by atoms with Gasteiger partial charge in [-0.25, -0.2) is 4.79 Å². The minimum atomic E-state index is -0.972. The van der Waals surface area contributed by atoms with Gasteiger partial charge in [-0.3, -0.25) is 9.59 Å². The first-order valence-electron chi connectivity index (χ1n) is 11.3. The van der Waals surface area contributed by atoms with E-state index in [1.54, 1.807) is 13.8 Å². The van der Waals surface area contributed by atoms with E-state index >= 15 is 0 Å². The van der Waals surface area contributed by atoms with Crippen molar-refractivity contribution in [3.63, 3.8) is 0 Å². The monoisotopic (exact) mass is 450 g/mol. The zero-order valence-corrected chi connectivity index (χ0v) is 19.0.